The molecule has 0 saturated heterocycles. The molecule has 0 aliphatic rings. The molecule has 0 aliphatic carbocycles. The van der Waals surface area contributed by atoms with Gasteiger partial charge in [-0.25, -0.2) is 0 Å². The van der Waals surface area contributed by atoms with E-state index in [1.54, 1.807) is 0 Å². The molecule has 1 unspecified atom stereocenters. The molecule has 2 nitrogen and oxygen atoms in total. The molecule has 0 saturated carbocycles. The summed E-state index contributed by atoms with van der Waals surface area (Å²) >= 11 is 0. The summed E-state index contributed by atoms with van der Waals surface area (Å²) < 4.78 is 86.8. The van der Waals surface area contributed by atoms with Crippen LogP contribution in [0, 0.1) is 5.41 Å². The average molecular weight is 358 g/mol. The van der Waals surface area contributed by atoms with E-state index in [0.29, 0.717) is 12.1 Å². The lowest BCUT2D eigenvalue weighted by Gasteiger charge is -2.27. The molecule has 0 radical (unpaired) electrons. The minimum Gasteiger partial charge on any atom is -0.491 e. The highest BCUT2D eigenvalue weighted by molar-refractivity contribution is 5.37. The lowest BCUT2D eigenvalue weighted by molar-refractivity contribution is -0.143. The van der Waals surface area contributed by atoms with Crippen LogP contribution in [-0.4, -0.2) is 19.3 Å². The first-order valence-corrected chi connectivity index (χ1v) is 7.25. The molecule has 0 fully saturated rings. The smallest absolute Gasteiger partial charge is 0.416 e. The van der Waals surface area contributed by atoms with E-state index in [4.69, 9.17) is 9.47 Å². The van der Waals surface area contributed by atoms with E-state index in [0.717, 1.165) is 0 Å². The second-order valence-corrected chi connectivity index (χ2v) is 6.47. The van der Waals surface area contributed by atoms with E-state index in [9.17, 15) is 26.3 Å². The number of halogens is 6. The third-order valence-electron chi connectivity index (χ3n) is 3.50. The van der Waals surface area contributed by atoms with E-state index in [2.05, 4.69) is 0 Å². The van der Waals surface area contributed by atoms with Gasteiger partial charge in [-0.1, -0.05) is 20.8 Å². The van der Waals surface area contributed by atoms with Crippen LogP contribution in [0.15, 0.2) is 18.2 Å². The SMILES string of the molecule is CC(OCCOc1cc(C(F)(F)F)cc(C(F)(F)F)c1)C(C)(C)C. The molecule has 138 valence electrons. The average Bonchev–Trinajstić information content (AvgIpc) is 2.40. The van der Waals surface area contributed by atoms with Crippen LogP contribution in [0.4, 0.5) is 26.3 Å². The number of rotatable bonds is 5. The summed E-state index contributed by atoms with van der Waals surface area (Å²) in [6.07, 6.45) is -9.93. The van der Waals surface area contributed by atoms with E-state index in [1.807, 2.05) is 27.7 Å². The van der Waals surface area contributed by atoms with Gasteiger partial charge in [-0.15, -0.1) is 0 Å². The molecule has 1 aromatic rings. The molecule has 0 spiro atoms. The van der Waals surface area contributed by atoms with Crippen LogP contribution in [0.2, 0.25) is 0 Å². The fourth-order valence-electron chi connectivity index (χ4n) is 1.64. The number of hydrogen-bond acceptors (Lipinski definition) is 2. The van der Waals surface area contributed by atoms with Crippen molar-refractivity contribution < 1.29 is 35.8 Å². The van der Waals surface area contributed by atoms with Crippen molar-refractivity contribution in [3.05, 3.63) is 29.3 Å². The molecule has 1 aromatic carbocycles. The Morgan fingerprint density at radius 1 is 0.833 bits per heavy atom. The van der Waals surface area contributed by atoms with Gasteiger partial charge in [0.25, 0.3) is 0 Å². The second kappa shape index (κ2) is 7.21. The van der Waals surface area contributed by atoms with Crippen LogP contribution in [0.5, 0.6) is 5.75 Å². The summed E-state index contributed by atoms with van der Waals surface area (Å²) in [5.41, 5.74) is -2.95. The van der Waals surface area contributed by atoms with Crippen LogP contribution in [-0.2, 0) is 17.1 Å². The maximum absolute atomic E-state index is 12.7. The first kappa shape index (κ1) is 20.6. The Labute approximate surface area is 136 Å². The van der Waals surface area contributed by atoms with Gasteiger partial charge in [-0.3, -0.25) is 0 Å². The normalized spacial score (nSPS) is 14.6. The molecule has 8 heteroatoms. The first-order chi connectivity index (χ1) is 10.7. The Morgan fingerprint density at radius 3 is 1.67 bits per heavy atom. The van der Waals surface area contributed by atoms with Gasteiger partial charge >= 0.3 is 12.4 Å². The second-order valence-electron chi connectivity index (χ2n) is 6.47. The fourth-order valence-corrected chi connectivity index (χ4v) is 1.64. The zero-order valence-corrected chi connectivity index (χ0v) is 13.8. The Bertz CT molecular complexity index is 511. The van der Waals surface area contributed by atoms with Crippen molar-refractivity contribution in [3.8, 4) is 5.75 Å². The Kier molecular flexibility index (Phi) is 6.19. The van der Waals surface area contributed by atoms with Crippen LogP contribution in [0.3, 0.4) is 0 Å². The van der Waals surface area contributed by atoms with E-state index < -0.39 is 29.2 Å². The quantitative estimate of drug-likeness (QED) is 0.507. The molecular weight excluding hydrogens is 338 g/mol. The lowest BCUT2D eigenvalue weighted by atomic mass is 9.90. The Balaban J connectivity index is 2.81. The number of benzene rings is 1. The van der Waals surface area contributed by atoms with Crippen molar-refractivity contribution in [1.29, 1.82) is 0 Å². The van der Waals surface area contributed by atoms with E-state index in [-0.39, 0.29) is 30.8 Å². The topological polar surface area (TPSA) is 18.5 Å². The van der Waals surface area contributed by atoms with Crippen LogP contribution < -0.4 is 4.74 Å². The van der Waals surface area contributed by atoms with Crippen molar-refractivity contribution in [2.75, 3.05) is 13.2 Å². The molecule has 0 bridgehead atoms. The van der Waals surface area contributed by atoms with Gasteiger partial charge in [0.2, 0.25) is 0 Å². The van der Waals surface area contributed by atoms with Crippen LogP contribution in [0.25, 0.3) is 0 Å². The van der Waals surface area contributed by atoms with Crippen LogP contribution in [0.1, 0.15) is 38.8 Å². The van der Waals surface area contributed by atoms with Gasteiger partial charge < -0.3 is 9.47 Å². The predicted octanol–water partition coefficient (Wildman–Crippen LogP) is 5.55. The van der Waals surface area contributed by atoms with Gasteiger partial charge in [-0.05, 0) is 30.5 Å². The lowest BCUT2D eigenvalue weighted by Crippen LogP contribution is -2.27. The summed E-state index contributed by atoms with van der Waals surface area (Å²) in [5.74, 6) is -0.496. The Hall–Kier alpha value is -1.44. The molecule has 0 amide bonds. The molecule has 1 rings (SSSR count). The summed E-state index contributed by atoms with van der Waals surface area (Å²) in [5, 5.41) is 0. The molecule has 1 atom stereocenters. The fraction of sp³-hybridized carbons (Fsp3) is 0.625. The van der Waals surface area contributed by atoms with Crippen molar-refractivity contribution in [2.24, 2.45) is 5.41 Å². The summed E-state index contributed by atoms with van der Waals surface area (Å²) in [6.45, 7) is 7.56. The van der Waals surface area contributed by atoms with E-state index in [1.165, 1.54) is 0 Å². The highest BCUT2D eigenvalue weighted by atomic mass is 19.4. The predicted molar refractivity (Wildman–Crippen MR) is 76.8 cm³/mol. The van der Waals surface area contributed by atoms with Gasteiger partial charge in [0.05, 0.1) is 23.8 Å². The molecule has 0 N–H and O–H groups in total. The molecule has 0 aromatic heterocycles. The molecular formula is C16H20F6O2. The number of alkyl halides is 6. The Morgan fingerprint density at radius 2 is 1.29 bits per heavy atom. The highest BCUT2D eigenvalue weighted by Crippen LogP contribution is 2.38. The largest absolute Gasteiger partial charge is 0.491 e. The number of ether oxygens (including phenoxy) is 2. The maximum Gasteiger partial charge on any atom is 0.416 e. The zero-order valence-electron chi connectivity index (χ0n) is 13.8. The zero-order chi connectivity index (χ0) is 18.8. The summed E-state index contributed by atoms with van der Waals surface area (Å²) in [4.78, 5) is 0. The van der Waals surface area contributed by atoms with Crippen molar-refractivity contribution in [2.45, 2.75) is 46.2 Å². The summed E-state index contributed by atoms with van der Waals surface area (Å²) in [6, 6.07) is 1.15. The molecule has 24 heavy (non-hydrogen) atoms. The van der Waals surface area contributed by atoms with Gasteiger partial charge in [0.1, 0.15) is 12.4 Å². The van der Waals surface area contributed by atoms with Crippen LogP contribution >= 0.6 is 0 Å². The first-order valence-electron chi connectivity index (χ1n) is 7.25. The maximum atomic E-state index is 12.7. The highest BCUT2D eigenvalue weighted by Gasteiger charge is 2.37. The molecule has 0 aliphatic heterocycles. The van der Waals surface area contributed by atoms with Crippen molar-refractivity contribution >= 4 is 0 Å². The third kappa shape index (κ3) is 6.22. The monoisotopic (exact) mass is 358 g/mol. The van der Waals surface area contributed by atoms with E-state index >= 15 is 0 Å². The number of hydrogen-bond donors (Lipinski definition) is 0. The van der Waals surface area contributed by atoms with Gasteiger partial charge in [0, 0.05) is 0 Å². The standard InChI is InChI=1S/C16H20F6O2/c1-10(14(2,3)4)23-5-6-24-13-8-11(15(17,18)19)7-12(9-13)16(20,21)22/h7-10H,5-6H2,1-4H3. The molecule has 0 heterocycles. The van der Waals surface area contributed by atoms with Crippen molar-refractivity contribution in [1.82, 2.24) is 0 Å². The third-order valence-corrected chi connectivity index (χ3v) is 3.50. The summed E-state index contributed by atoms with van der Waals surface area (Å²) in [7, 11) is 0. The minimum absolute atomic E-state index is 0.0516. The minimum atomic E-state index is -4.89. The van der Waals surface area contributed by atoms with Gasteiger partial charge in [0.15, 0.2) is 0 Å². The van der Waals surface area contributed by atoms with Crippen molar-refractivity contribution in [3.63, 3.8) is 0 Å². The van der Waals surface area contributed by atoms with Gasteiger partial charge in [-0.2, -0.15) is 26.3 Å².